The zero-order valence-corrected chi connectivity index (χ0v) is 18.0. The second-order valence-electron chi connectivity index (χ2n) is 8.14. The minimum atomic E-state index is -4.71. The van der Waals surface area contributed by atoms with E-state index in [2.05, 4.69) is 27.3 Å². The van der Waals surface area contributed by atoms with E-state index in [4.69, 9.17) is 0 Å². The van der Waals surface area contributed by atoms with Gasteiger partial charge in [0.1, 0.15) is 11.4 Å². The summed E-state index contributed by atoms with van der Waals surface area (Å²) in [6, 6.07) is 6.00. The van der Waals surface area contributed by atoms with Crippen LogP contribution in [0.4, 0.5) is 18.9 Å². The van der Waals surface area contributed by atoms with Crippen LogP contribution < -0.4 is 5.32 Å². The Bertz CT molecular complexity index is 1230. The second kappa shape index (κ2) is 8.47. The highest BCUT2D eigenvalue weighted by Gasteiger charge is 2.33. The van der Waals surface area contributed by atoms with Gasteiger partial charge in [-0.15, -0.1) is 0 Å². The lowest BCUT2D eigenvalue weighted by atomic mass is 10.0. The number of hydrogen-bond acceptors (Lipinski definition) is 5. The third-order valence-electron chi connectivity index (χ3n) is 5.87. The standard InChI is InChI=1S/C22H22F3N5O3/c1-12-14-10-17(27-20(31)16-4-3-5-19(26-16)22(23,24)25)15(21(32)33)11-18(14)28-30(12)13-6-8-29(2)9-7-13/h3-5,10-11,13H,6-9H2,1-2H3,(H,27,31)(H,32,33). The van der Waals surface area contributed by atoms with Crippen LogP contribution in [0.5, 0.6) is 0 Å². The highest BCUT2D eigenvalue weighted by atomic mass is 19.4. The number of hydrogen-bond donors (Lipinski definition) is 2. The zero-order chi connectivity index (χ0) is 23.9. The molecule has 0 bridgehead atoms. The number of carbonyl (C=O) groups is 2. The van der Waals surface area contributed by atoms with E-state index >= 15 is 0 Å². The van der Waals surface area contributed by atoms with Gasteiger partial charge in [-0.1, -0.05) is 6.07 Å². The molecule has 3 heterocycles. The number of likely N-dealkylation sites (tertiary alicyclic amines) is 1. The number of piperidine rings is 1. The molecule has 0 atom stereocenters. The van der Waals surface area contributed by atoms with Gasteiger partial charge in [-0.2, -0.15) is 18.3 Å². The van der Waals surface area contributed by atoms with Crippen LogP contribution in [0.25, 0.3) is 10.9 Å². The molecule has 1 fully saturated rings. The zero-order valence-electron chi connectivity index (χ0n) is 18.0. The number of carboxylic acid groups (broad SMARTS) is 1. The molecule has 1 aliphatic rings. The summed E-state index contributed by atoms with van der Waals surface area (Å²) in [7, 11) is 2.05. The number of aryl methyl sites for hydroxylation is 1. The first-order chi connectivity index (χ1) is 15.5. The van der Waals surface area contributed by atoms with Gasteiger partial charge in [0.2, 0.25) is 0 Å². The molecule has 11 heteroatoms. The number of carbonyl (C=O) groups excluding carboxylic acids is 1. The molecule has 33 heavy (non-hydrogen) atoms. The number of nitrogens with zero attached hydrogens (tertiary/aromatic N) is 4. The molecule has 0 radical (unpaired) electrons. The predicted molar refractivity (Wildman–Crippen MR) is 114 cm³/mol. The van der Waals surface area contributed by atoms with Crippen molar-refractivity contribution in [2.24, 2.45) is 0 Å². The Labute approximate surface area is 187 Å². The van der Waals surface area contributed by atoms with Gasteiger partial charge in [-0.25, -0.2) is 9.78 Å². The van der Waals surface area contributed by atoms with Crippen molar-refractivity contribution in [1.29, 1.82) is 0 Å². The Morgan fingerprint density at radius 3 is 2.52 bits per heavy atom. The smallest absolute Gasteiger partial charge is 0.433 e. The molecule has 1 aliphatic heterocycles. The second-order valence-corrected chi connectivity index (χ2v) is 8.14. The van der Waals surface area contributed by atoms with Gasteiger partial charge in [0.05, 0.1) is 22.8 Å². The fraction of sp³-hybridized carbons (Fsp3) is 0.364. The average Bonchev–Trinajstić information content (AvgIpc) is 3.09. The Morgan fingerprint density at radius 1 is 1.18 bits per heavy atom. The highest BCUT2D eigenvalue weighted by molar-refractivity contribution is 6.09. The van der Waals surface area contributed by atoms with Crippen molar-refractivity contribution >= 4 is 28.5 Å². The van der Waals surface area contributed by atoms with Crippen molar-refractivity contribution in [2.45, 2.75) is 32.0 Å². The first-order valence-corrected chi connectivity index (χ1v) is 10.3. The highest BCUT2D eigenvalue weighted by Crippen LogP contribution is 2.31. The summed E-state index contributed by atoms with van der Waals surface area (Å²) in [6.45, 7) is 3.71. The quantitative estimate of drug-likeness (QED) is 0.610. The maximum absolute atomic E-state index is 12.9. The summed E-state index contributed by atoms with van der Waals surface area (Å²) >= 11 is 0. The van der Waals surface area contributed by atoms with Crippen LogP contribution >= 0.6 is 0 Å². The monoisotopic (exact) mass is 461 g/mol. The van der Waals surface area contributed by atoms with E-state index in [-0.39, 0.29) is 17.3 Å². The average molecular weight is 461 g/mol. The third-order valence-corrected chi connectivity index (χ3v) is 5.87. The number of rotatable bonds is 4. The number of halogens is 3. The van der Waals surface area contributed by atoms with Crippen molar-refractivity contribution < 1.29 is 27.9 Å². The van der Waals surface area contributed by atoms with Crippen LogP contribution in [-0.2, 0) is 6.18 Å². The van der Waals surface area contributed by atoms with Crippen molar-refractivity contribution in [3.8, 4) is 0 Å². The molecule has 2 N–H and O–H groups in total. The molecule has 174 valence electrons. The number of aromatic carboxylic acids is 1. The lowest BCUT2D eigenvalue weighted by Crippen LogP contribution is -2.32. The van der Waals surface area contributed by atoms with E-state index in [0.29, 0.717) is 10.9 Å². The molecule has 0 unspecified atom stereocenters. The molecule has 4 rings (SSSR count). The van der Waals surface area contributed by atoms with Crippen LogP contribution in [-0.4, -0.2) is 56.8 Å². The van der Waals surface area contributed by atoms with Gasteiger partial charge >= 0.3 is 12.1 Å². The minimum Gasteiger partial charge on any atom is -0.478 e. The van der Waals surface area contributed by atoms with Crippen LogP contribution in [0.1, 0.15) is 51.1 Å². The maximum Gasteiger partial charge on any atom is 0.433 e. The summed E-state index contributed by atoms with van der Waals surface area (Å²) in [4.78, 5) is 30.0. The lowest BCUT2D eigenvalue weighted by Gasteiger charge is -2.29. The largest absolute Gasteiger partial charge is 0.478 e. The molecular formula is C22H22F3N5O3. The van der Waals surface area contributed by atoms with Gasteiger partial charge in [0.25, 0.3) is 5.91 Å². The molecule has 1 saturated heterocycles. The number of fused-ring (bicyclic) bond motifs is 1. The first-order valence-electron chi connectivity index (χ1n) is 10.3. The molecule has 0 saturated carbocycles. The van der Waals surface area contributed by atoms with Gasteiger partial charge in [-0.05, 0) is 64.2 Å². The number of pyridine rings is 1. The van der Waals surface area contributed by atoms with Crippen LogP contribution in [0.15, 0.2) is 30.3 Å². The lowest BCUT2D eigenvalue weighted by molar-refractivity contribution is -0.141. The molecule has 3 aromatic rings. The Morgan fingerprint density at radius 2 is 1.88 bits per heavy atom. The predicted octanol–water partition coefficient (Wildman–Crippen LogP) is 3.98. The van der Waals surface area contributed by atoms with Crippen LogP contribution in [0, 0.1) is 6.92 Å². The molecule has 1 amide bonds. The van der Waals surface area contributed by atoms with Crippen molar-refractivity contribution in [2.75, 3.05) is 25.5 Å². The maximum atomic E-state index is 12.9. The summed E-state index contributed by atoms with van der Waals surface area (Å²) in [5.74, 6) is -2.24. The van der Waals surface area contributed by atoms with E-state index in [1.165, 1.54) is 12.1 Å². The van der Waals surface area contributed by atoms with Crippen LogP contribution in [0.2, 0.25) is 0 Å². The number of alkyl halides is 3. The molecule has 1 aromatic carbocycles. The number of nitrogens with one attached hydrogen (secondary N) is 1. The summed E-state index contributed by atoms with van der Waals surface area (Å²) in [5, 5.41) is 17.3. The molecule has 8 nitrogen and oxygen atoms in total. The molecule has 0 spiro atoms. The third kappa shape index (κ3) is 4.54. The number of amides is 1. The van der Waals surface area contributed by atoms with Crippen molar-refractivity contribution in [3.05, 3.63) is 53.0 Å². The van der Waals surface area contributed by atoms with E-state index < -0.39 is 29.4 Å². The summed E-state index contributed by atoms with van der Waals surface area (Å²) in [6.07, 6.45) is -2.90. The number of benzene rings is 1. The van der Waals surface area contributed by atoms with E-state index in [0.717, 1.165) is 49.8 Å². The molecular weight excluding hydrogens is 439 g/mol. The summed E-state index contributed by atoms with van der Waals surface area (Å²) in [5.41, 5.74) is -0.636. The fourth-order valence-electron chi connectivity index (χ4n) is 4.06. The normalized spacial score (nSPS) is 15.7. The van der Waals surface area contributed by atoms with Crippen molar-refractivity contribution in [3.63, 3.8) is 0 Å². The van der Waals surface area contributed by atoms with Gasteiger partial charge in [-0.3, -0.25) is 9.48 Å². The summed E-state index contributed by atoms with van der Waals surface area (Å²) < 4.78 is 40.7. The molecule has 2 aromatic heterocycles. The minimum absolute atomic E-state index is 0.0368. The number of anilines is 1. The van der Waals surface area contributed by atoms with Gasteiger partial charge < -0.3 is 15.3 Å². The SMILES string of the molecule is Cc1c2cc(NC(=O)c3cccc(C(F)(F)F)n3)c(C(=O)O)cc2nn1C1CCN(C)CC1. The van der Waals surface area contributed by atoms with Crippen LogP contribution in [0.3, 0.4) is 0 Å². The first kappa shape index (κ1) is 22.7. The Kier molecular flexibility index (Phi) is 5.83. The fourth-order valence-corrected chi connectivity index (χ4v) is 4.06. The van der Waals surface area contributed by atoms with Gasteiger partial charge in [0.15, 0.2) is 0 Å². The Hall–Kier alpha value is -3.47. The Balaban J connectivity index is 1.70. The van der Waals surface area contributed by atoms with E-state index in [9.17, 15) is 27.9 Å². The number of aromatic nitrogens is 3. The topological polar surface area (TPSA) is 100 Å². The number of carboxylic acids is 1. The van der Waals surface area contributed by atoms with E-state index in [1.807, 2.05) is 11.6 Å². The van der Waals surface area contributed by atoms with Gasteiger partial charge in [0, 0.05) is 11.1 Å². The molecule has 0 aliphatic carbocycles. The van der Waals surface area contributed by atoms with Crippen molar-refractivity contribution in [1.82, 2.24) is 19.7 Å². The van der Waals surface area contributed by atoms with E-state index in [1.54, 1.807) is 0 Å².